The van der Waals surface area contributed by atoms with E-state index in [4.69, 9.17) is 0 Å². The van der Waals surface area contributed by atoms with Crippen molar-refractivity contribution in [2.24, 2.45) is 5.92 Å². The maximum absolute atomic E-state index is 9.31. The van der Waals surface area contributed by atoms with Crippen molar-refractivity contribution in [3.05, 3.63) is 28.5 Å². The molecule has 0 aliphatic heterocycles. The van der Waals surface area contributed by atoms with E-state index in [1.807, 2.05) is 24.6 Å². The van der Waals surface area contributed by atoms with Crippen LogP contribution < -0.4 is 0 Å². The van der Waals surface area contributed by atoms with Crippen LogP contribution in [-0.4, -0.2) is 21.1 Å². The molecule has 0 fully saturated rings. The lowest BCUT2D eigenvalue weighted by Crippen LogP contribution is -2.00. The topological polar surface area (TPSA) is 37.5 Å². The molecule has 0 saturated carbocycles. The molecule has 0 unspecified atom stereocenters. The summed E-state index contributed by atoms with van der Waals surface area (Å²) in [6, 6.07) is 0. The predicted molar refractivity (Wildman–Crippen MR) is 67.7 cm³/mol. The van der Waals surface area contributed by atoms with Crippen molar-refractivity contribution >= 4 is 22.4 Å². The molecule has 2 rings (SSSR count). The number of fused-ring (bicyclic) bond motifs is 1. The van der Waals surface area contributed by atoms with Gasteiger partial charge in [-0.15, -0.1) is 11.3 Å². The summed E-state index contributed by atoms with van der Waals surface area (Å²) in [6.07, 6.45) is 4.06. The molecule has 2 aromatic heterocycles. The second kappa shape index (κ2) is 4.39. The van der Waals surface area contributed by atoms with Gasteiger partial charge >= 0.3 is 0 Å². The molecule has 3 nitrogen and oxygen atoms in total. The number of imidazole rings is 1. The average Bonchev–Trinajstić information content (AvgIpc) is 2.75. The van der Waals surface area contributed by atoms with E-state index in [-0.39, 0.29) is 6.61 Å². The maximum Gasteiger partial charge on any atom is 0.194 e. The van der Waals surface area contributed by atoms with Gasteiger partial charge in [0.25, 0.3) is 0 Å². The van der Waals surface area contributed by atoms with Gasteiger partial charge in [0.2, 0.25) is 0 Å². The van der Waals surface area contributed by atoms with Gasteiger partial charge in [0.1, 0.15) is 0 Å². The SMILES string of the molecule is Cc1nc2sccn2c1C=C(CO)C(C)C. The second-order valence-corrected chi connectivity index (χ2v) is 5.04. The van der Waals surface area contributed by atoms with E-state index >= 15 is 0 Å². The highest BCUT2D eigenvalue weighted by atomic mass is 32.1. The molecule has 0 aliphatic rings. The quantitative estimate of drug-likeness (QED) is 0.889. The molecule has 0 aliphatic carbocycles. The number of aliphatic hydroxyl groups excluding tert-OH is 1. The predicted octanol–water partition coefficient (Wildman–Crippen LogP) is 2.74. The Bertz CT molecular complexity index is 522. The zero-order valence-electron chi connectivity index (χ0n) is 9.77. The molecule has 1 N–H and O–H groups in total. The Morgan fingerprint density at radius 2 is 2.38 bits per heavy atom. The summed E-state index contributed by atoms with van der Waals surface area (Å²) in [6.45, 7) is 6.28. The number of aliphatic hydroxyl groups is 1. The van der Waals surface area contributed by atoms with Crippen molar-refractivity contribution in [1.82, 2.24) is 9.38 Å². The Morgan fingerprint density at radius 1 is 1.62 bits per heavy atom. The van der Waals surface area contributed by atoms with Crippen LogP contribution >= 0.6 is 11.3 Å². The van der Waals surface area contributed by atoms with Gasteiger partial charge in [-0.05, 0) is 24.5 Å². The first-order valence-corrected chi connectivity index (χ1v) is 6.25. The van der Waals surface area contributed by atoms with Crippen LogP contribution in [0.15, 0.2) is 17.2 Å². The number of thiazole rings is 1. The van der Waals surface area contributed by atoms with Crippen LogP contribution in [0.3, 0.4) is 0 Å². The number of nitrogens with zero attached hydrogens (tertiary/aromatic N) is 2. The summed E-state index contributed by atoms with van der Waals surface area (Å²) in [7, 11) is 0. The molecular formula is C12H16N2OS. The number of rotatable bonds is 3. The smallest absolute Gasteiger partial charge is 0.194 e. The van der Waals surface area contributed by atoms with Crippen LogP contribution in [0.25, 0.3) is 11.0 Å². The van der Waals surface area contributed by atoms with Crippen molar-refractivity contribution < 1.29 is 5.11 Å². The molecule has 2 aromatic rings. The zero-order chi connectivity index (χ0) is 11.7. The Hall–Kier alpha value is -1.13. The molecule has 0 aromatic carbocycles. The molecule has 0 amide bonds. The van der Waals surface area contributed by atoms with E-state index < -0.39 is 0 Å². The highest BCUT2D eigenvalue weighted by molar-refractivity contribution is 7.15. The summed E-state index contributed by atoms with van der Waals surface area (Å²) in [5, 5.41) is 11.3. The molecule has 0 saturated heterocycles. The van der Waals surface area contributed by atoms with Crippen molar-refractivity contribution in [1.29, 1.82) is 0 Å². The van der Waals surface area contributed by atoms with Crippen molar-refractivity contribution in [3.8, 4) is 0 Å². The highest BCUT2D eigenvalue weighted by Crippen LogP contribution is 2.21. The van der Waals surface area contributed by atoms with Crippen LogP contribution in [0.1, 0.15) is 25.2 Å². The van der Waals surface area contributed by atoms with Crippen LogP contribution in [0.2, 0.25) is 0 Å². The standard InChI is InChI=1S/C12H16N2OS/c1-8(2)10(7-15)6-11-9(3)13-12-14(11)4-5-16-12/h4-6,8,15H,7H2,1-3H3. The fourth-order valence-electron chi connectivity index (χ4n) is 1.66. The summed E-state index contributed by atoms with van der Waals surface area (Å²) >= 11 is 1.63. The normalized spacial score (nSPS) is 12.9. The minimum absolute atomic E-state index is 0.106. The monoisotopic (exact) mass is 236 g/mol. The van der Waals surface area contributed by atoms with E-state index in [0.29, 0.717) is 5.92 Å². The highest BCUT2D eigenvalue weighted by Gasteiger charge is 2.09. The van der Waals surface area contributed by atoms with Crippen LogP contribution in [-0.2, 0) is 0 Å². The number of hydrogen-bond acceptors (Lipinski definition) is 3. The minimum Gasteiger partial charge on any atom is -0.392 e. The maximum atomic E-state index is 9.31. The van der Waals surface area contributed by atoms with E-state index in [1.54, 1.807) is 11.3 Å². The van der Waals surface area contributed by atoms with E-state index in [2.05, 4.69) is 23.2 Å². The van der Waals surface area contributed by atoms with Gasteiger partial charge in [0.05, 0.1) is 18.0 Å². The van der Waals surface area contributed by atoms with Gasteiger partial charge in [-0.3, -0.25) is 4.40 Å². The summed E-state index contributed by atoms with van der Waals surface area (Å²) in [5.41, 5.74) is 3.13. The molecule has 0 radical (unpaired) electrons. The van der Waals surface area contributed by atoms with Gasteiger partial charge in [-0.2, -0.15) is 0 Å². The van der Waals surface area contributed by atoms with Crippen LogP contribution in [0.5, 0.6) is 0 Å². The summed E-state index contributed by atoms with van der Waals surface area (Å²) < 4.78 is 2.07. The van der Waals surface area contributed by atoms with Gasteiger partial charge in [-0.1, -0.05) is 13.8 Å². The second-order valence-electron chi connectivity index (χ2n) is 4.17. The van der Waals surface area contributed by atoms with Crippen molar-refractivity contribution in [2.45, 2.75) is 20.8 Å². The fourth-order valence-corrected chi connectivity index (χ4v) is 2.42. The molecule has 4 heteroatoms. The molecule has 2 heterocycles. The Kier molecular flexibility index (Phi) is 3.12. The first-order chi connectivity index (χ1) is 7.63. The first-order valence-electron chi connectivity index (χ1n) is 5.37. The molecular weight excluding hydrogens is 220 g/mol. The lowest BCUT2D eigenvalue weighted by Gasteiger charge is -2.07. The molecule has 16 heavy (non-hydrogen) atoms. The Balaban J connectivity index is 2.53. The van der Waals surface area contributed by atoms with Gasteiger partial charge in [0.15, 0.2) is 4.96 Å². The summed E-state index contributed by atoms with van der Waals surface area (Å²) in [5.74, 6) is 0.355. The van der Waals surface area contributed by atoms with Crippen molar-refractivity contribution in [2.75, 3.05) is 6.61 Å². The molecule has 0 bridgehead atoms. The number of hydrogen-bond donors (Lipinski definition) is 1. The zero-order valence-corrected chi connectivity index (χ0v) is 10.6. The van der Waals surface area contributed by atoms with Crippen LogP contribution in [0.4, 0.5) is 0 Å². The van der Waals surface area contributed by atoms with Gasteiger partial charge in [0, 0.05) is 11.6 Å². The Morgan fingerprint density at radius 3 is 3.00 bits per heavy atom. The van der Waals surface area contributed by atoms with Gasteiger partial charge in [-0.25, -0.2) is 4.98 Å². The lowest BCUT2D eigenvalue weighted by molar-refractivity contribution is 0.320. The fraction of sp³-hybridized carbons (Fsp3) is 0.417. The third-order valence-corrected chi connectivity index (χ3v) is 3.49. The van der Waals surface area contributed by atoms with E-state index in [0.717, 1.165) is 21.9 Å². The molecule has 0 spiro atoms. The number of aryl methyl sites for hydroxylation is 1. The van der Waals surface area contributed by atoms with E-state index in [1.165, 1.54) is 0 Å². The minimum atomic E-state index is 0.106. The molecule has 0 atom stereocenters. The van der Waals surface area contributed by atoms with Gasteiger partial charge < -0.3 is 5.11 Å². The third kappa shape index (κ3) is 1.90. The third-order valence-electron chi connectivity index (χ3n) is 2.73. The van der Waals surface area contributed by atoms with E-state index in [9.17, 15) is 5.11 Å². The average molecular weight is 236 g/mol. The summed E-state index contributed by atoms with van der Waals surface area (Å²) in [4.78, 5) is 5.48. The molecule has 86 valence electrons. The largest absolute Gasteiger partial charge is 0.392 e. The number of aromatic nitrogens is 2. The van der Waals surface area contributed by atoms with Crippen LogP contribution in [0, 0.1) is 12.8 Å². The lowest BCUT2D eigenvalue weighted by atomic mass is 10.0. The Labute approximate surface area is 99.1 Å². The first kappa shape index (κ1) is 11.4. The van der Waals surface area contributed by atoms with Crippen molar-refractivity contribution in [3.63, 3.8) is 0 Å².